The van der Waals surface area contributed by atoms with Crippen molar-refractivity contribution < 1.29 is 4.79 Å². The summed E-state index contributed by atoms with van der Waals surface area (Å²) in [6, 6.07) is 0.531. The molecule has 4 heteroatoms. The summed E-state index contributed by atoms with van der Waals surface area (Å²) in [6.07, 6.45) is 3.49. The van der Waals surface area contributed by atoms with Crippen LogP contribution >= 0.6 is 11.8 Å². The molecule has 2 fully saturated rings. The zero-order chi connectivity index (χ0) is 9.80. The zero-order valence-corrected chi connectivity index (χ0v) is 9.31. The van der Waals surface area contributed by atoms with E-state index in [4.69, 9.17) is 0 Å². The third-order valence-corrected chi connectivity index (χ3v) is 4.03. The summed E-state index contributed by atoms with van der Waals surface area (Å²) in [4.78, 5) is 13.9. The van der Waals surface area contributed by atoms with E-state index in [0.717, 1.165) is 19.5 Å². The van der Waals surface area contributed by atoms with Crippen molar-refractivity contribution in [1.29, 1.82) is 0 Å². The van der Waals surface area contributed by atoms with Crippen molar-refractivity contribution in [3.05, 3.63) is 0 Å². The highest BCUT2D eigenvalue weighted by Gasteiger charge is 2.25. The molecule has 2 rings (SSSR count). The van der Waals surface area contributed by atoms with E-state index in [2.05, 4.69) is 10.2 Å². The Morgan fingerprint density at radius 3 is 2.93 bits per heavy atom. The van der Waals surface area contributed by atoms with Gasteiger partial charge in [-0.25, -0.2) is 0 Å². The molecule has 0 atom stereocenters. The molecule has 2 aliphatic heterocycles. The van der Waals surface area contributed by atoms with E-state index in [0.29, 0.717) is 18.5 Å². The van der Waals surface area contributed by atoms with Gasteiger partial charge in [-0.15, -0.1) is 0 Å². The van der Waals surface area contributed by atoms with E-state index in [1.165, 1.54) is 24.3 Å². The Kier molecular flexibility index (Phi) is 3.70. The monoisotopic (exact) mass is 214 g/mol. The zero-order valence-electron chi connectivity index (χ0n) is 8.50. The molecule has 0 unspecified atom stereocenters. The third kappa shape index (κ3) is 2.42. The van der Waals surface area contributed by atoms with E-state index in [-0.39, 0.29) is 0 Å². The Labute approximate surface area is 89.6 Å². The molecule has 0 aromatic carbocycles. The van der Waals surface area contributed by atoms with Crippen LogP contribution in [0, 0.1) is 0 Å². The molecule has 0 aromatic rings. The minimum Gasteiger partial charge on any atom is -0.339 e. The summed E-state index contributed by atoms with van der Waals surface area (Å²) in [7, 11) is 0. The van der Waals surface area contributed by atoms with E-state index < -0.39 is 0 Å². The Bertz CT molecular complexity index is 204. The molecule has 0 aromatic heterocycles. The van der Waals surface area contributed by atoms with Crippen LogP contribution in [-0.2, 0) is 4.79 Å². The van der Waals surface area contributed by atoms with Gasteiger partial charge in [-0.2, -0.15) is 11.8 Å². The fourth-order valence-electron chi connectivity index (χ4n) is 2.18. The number of carbonyl (C=O) groups is 1. The van der Waals surface area contributed by atoms with Gasteiger partial charge in [0.25, 0.3) is 0 Å². The Morgan fingerprint density at radius 1 is 1.36 bits per heavy atom. The van der Waals surface area contributed by atoms with Crippen LogP contribution in [0.25, 0.3) is 0 Å². The summed E-state index contributed by atoms with van der Waals surface area (Å²) in [6.45, 7) is 2.49. The summed E-state index contributed by atoms with van der Waals surface area (Å²) >= 11 is 2.02. The van der Waals surface area contributed by atoms with E-state index in [1.807, 2.05) is 11.8 Å². The van der Waals surface area contributed by atoms with Gasteiger partial charge in [0.1, 0.15) is 0 Å². The van der Waals surface area contributed by atoms with Crippen molar-refractivity contribution in [2.24, 2.45) is 0 Å². The van der Waals surface area contributed by atoms with Gasteiger partial charge in [0.05, 0.1) is 6.54 Å². The number of amides is 1. The van der Waals surface area contributed by atoms with Gasteiger partial charge in [-0.05, 0) is 37.3 Å². The predicted molar refractivity (Wildman–Crippen MR) is 59.5 cm³/mol. The number of hydrogen-bond acceptors (Lipinski definition) is 3. The molecule has 1 N–H and O–H groups in total. The lowest BCUT2D eigenvalue weighted by molar-refractivity contribution is -0.132. The normalized spacial score (nSPS) is 26.3. The molecule has 0 radical (unpaired) electrons. The first-order chi connectivity index (χ1) is 6.88. The average molecular weight is 214 g/mol. The highest BCUT2D eigenvalue weighted by molar-refractivity contribution is 7.99. The Balaban J connectivity index is 1.95. The quantitative estimate of drug-likeness (QED) is 0.697. The van der Waals surface area contributed by atoms with Gasteiger partial charge >= 0.3 is 0 Å². The second-order valence-corrected chi connectivity index (χ2v) is 5.19. The van der Waals surface area contributed by atoms with Crippen molar-refractivity contribution >= 4 is 17.7 Å². The molecular weight excluding hydrogens is 196 g/mol. The summed E-state index contributed by atoms with van der Waals surface area (Å²) in [5.74, 6) is 2.75. The number of nitrogens with zero attached hydrogens (tertiary/aromatic N) is 1. The van der Waals surface area contributed by atoms with E-state index in [1.54, 1.807) is 0 Å². The lowest BCUT2D eigenvalue weighted by atomic mass is 10.1. The number of thioether (sulfide) groups is 1. The van der Waals surface area contributed by atoms with Gasteiger partial charge in [0.2, 0.25) is 5.91 Å². The molecule has 1 amide bonds. The van der Waals surface area contributed by atoms with E-state index in [9.17, 15) is 4.79 Å². The van der Waals surface area contributed by atoms with Crippen LogP contribution in [0.5, 0.6) is 0 Å². The maximum Gasteiger partial charge on any atom is 0.236 e. The number of hydrogen-bond donors (Lipinski definition) is 1. The van der Waals surface area contributed by atoms with Crippen LogP contribution in [0.1, 0.15) is 19.3 Å². The van der Waals surface area contributed by atoms with Crippen molar-refractivity contribution in [3.8, 4) is 0 Å². The number of nitrogens with one attached hydrogen (secondary N) is 1. The van der Waals surface area contributed by atoms with Gasteiger partial charge in [0, 0.05) is 12.6 Å². The fraction of sp³-hybridized carbons (Fsp3) is 0.900. The second kappa shape index (κ2) is 5.03. The third-order valence-electron chi connectivity index (χ3n) is 2.98. The Hall–Kier alpha value is -0.220. The minimum atomic E-state index is 0.305. The average Bonchev–Trinajstić information content (AvgIpc) is 2.44. The summed E-state index contributed by atoms with van der Waals surface area (Å²) in [5, 5.41) is 3.17. The van der Waals surface area contributed by atoms with Crippen LogP contribution in [0.3, 0.4) is 0 Å². The fourth-order valence-corrected chi connectivity index (χ4v) is 3.26. The first kappa shape index (κ1) is 10.3. The van der Waals surface area contributed by atoms with Gasteiger partial charge in [-0.1, -0.05) is 0 Å². The van der Waals surface area contributed by atoms with Crippen molar-refractivity contribution in [2.75, 3.05) is 31.1 Å². The smallest absolute Gasteiger partial charge is 0.236 e. The van der Waals surface area contributed by atoms with E-state index >= 15 is 0 Å². The molecule has 80 valence electrons. The maximum atomic E-state index is 11.8. The summed E-state index contributed by atoms with van der Waals surface area (Å²) in [5.41, 5.74) is 0. The molecule has 0 bridgehead atoms. The summed E-state index contributed by atoms with van der Waals surface area (Å²) < 4.78 is 0. The van der Waals surface area contributed by atoms with Crippen LogP contribution < -0.4 is 5.32 Å². The number of rotatable bonds is 1. The molecule has 2 saturated heterocycles. The minimum absolute atomic E-state index is 0.305. The van der Waals surface area contributed by atoms with Crippen LogP contribution in [0.15, 0.2) is 0 Å². The SMILES string of the molecule is O=C1CNCCCN1C1CCSCC1. The van der Waals surface area contributed by atoms with Gasteiger partial charge in [-0.3, -0.25) is 4.79 Å². The van der Waals surface area contributed by atoms with Crippen molar-refractivity contribution in [3.63, 3.8) is 0 Å². The van der Waals surface area contributed by atoms with Gasteiger partial charge < -0.3 is 10.2 Å². The van der Waals surface area contributed by atoms with Gasteiger partial charge in [0.15, 0.2) is 0 Å². The van der Waals surface area contributed by atoms with Crippen LogP contribution in [0.2, 0.25) is 0 Å². The lowest BCUT2D eigenvalue weighted by Gasteiger charge is -2.33. The van der Waals surface area contributed by atoms with Crippen LogP contribution in [0.4, 0.5) is 0 Å². The van der Waals surface area contributed by atoms with Crippen molar-refractivity contribution in [1.82, 2.24) is 10.2 Å². The second-order valence-electron chi connectivity index (χ2n) is 3.96. The molecule has 0 spiro atoms. The Morgan fingerprint density at radius 2 is 2.14 bits per heavy atom. The first-order valence-corrected chi connectivity index (χ1v) is 6.61. The lowest BCUT2D eigenvalue weighted by Crippen LogP contribution is -2.44. The maximum absolute atomic E-state index is 11.8. The van der Waals surface area contributed by atoms with Crippen LogP contribution in [-0.4, -0.2) is 48.0 Å². The predicted octanol–water partition coefficient (Wildman–Crippen LogP) is 0.704. The molecule has 2 aliphatic rings. The largest absolute Gasteiger partial charge is 0.339 e. The molecular formula is C10H18N2OS. The highest BCUT2D eigenvalue weighted by Crippen LogP contribution is 2.22. The first-order valence-electron chi connectivity index (χ1n) is 5.46. The topological polar surface area (TPSA) is 32.3 Å². The highest BCUT2D eigenvalue weighted by atomic mass is 32.2. The molecule has 3 nitrogen and oxygen atoms in total. The molecule has 0 aliphatic carbocycles. The molecule has 0 saturated carbocycles. The van der Waals surface area contributed by atoms with Crippen molar-refractivity contribution in [2.45, 2.75) is 25.3 Å². The standard InChI is InChI=1S/C10H18N2OS/c13-10-8-11-4-1-5-12(10)9-2-6-14-7-3-9/h9,11H,1-8H2. The molecule has 2 heterocycles. The molecule has 14 heavy (non-hydrogen) atoms. The number of carbonyl (C=O) groups excluding carboxylic acids is 1.